The van der Waals surface area contributed by atoms with Crippen molar-refractivity contribution in [2.24, 2.45) is 0 Å². The summed E-state index contributed by atoms with van der Waals surface area (Å²) in [5.41, 5.74) is 1.80. The number of aromatic nitrogens is 2. The summed E-state index contributed by atoms with van der Waals surface area (Å²) in [5.74, 6) is -0.203. The first-order chi connectivity index (χ1) is 7.26. The van der Waals surface area contributed by atoms with Crippen LogP contribution in [-0.2, 0) is 6.42 Å². The third kappa shape index (κ3) is 2.06. The SMILES string of the molecule is C=CCc1cc(F)c2cnn(PI)c2c1. The van der Waals surface area contributed by atoms with Crippen molar-refractivity contribution in [3.05, 3.63) is 42.4 Å². The second-order valence-corrected chi connectivity index (χ2v) is 5.18. The fraction of sp³-hybridized carbons (Fsp3) is 0.100. The molecule has 0 N–H and O–H groups in total. The molecule has 0 bridgehead atoms. The van der Waals surface area contributed by atoms with Gasteiger partial charge in [-0.15, -0.1) is 6.58 Å². The molecule has 15 heavy (non-hydrogen) atoms. The molecule has 2 aromatic rings. The Morgan fingerprint density at radius 3 is 3.07 bits per heavy atom. The molecule has 0 spiro atoms. The maximum absolute atomic E-state index is 13.6. The first-order valence-corrected chi connectivity index (χ1v) is 8.46. The second-order valence-electron chi connectivity index (χ2n) is 3.14. The third-order valence-corrected chi connectivity index (χ3v) is 4.05. The molecule has 0 saturated carbocycles. The van der Waals surface area contributed by atoms with Crippen LogP contribution >= 0.6 is 28.4 Å². The zero-order valence-corrected chi connectivity index (χ0v) is 11.0. The van der Waals surface area contributed by atoms with Crippen LogP contribution in [0.4, 0.5) is 4.39 Å². The van der Waals surface area contributed by atoms with Gasteiger partial charge < -0.3 is 0 Å². The molecular weight excluding hydrogens is 325 g/mol. The summed E-state index contributed by atoms with van der Waals surface area (Å²) in [5, 5.41) is 4.72. The van der Waals surface area contributed by atoms with Crippen LogP contribution in [0.3, 0.4) is 0 Å². The van der Waals surface area contributed by atoms with Gasteiger partial charge in [0.15, 0.2) is 0 Å². The number of nitrogens with zero attached hydrogens (tertiary/aromatic N) is 2. The van der Waals surface area contributed by atoms with E-state index in [1.165, 1.54) is 0 Å². The minimum Gasteiger partial charge on any atom is -0.237 e. The zero-order chi connectivity index (χ0) is 10.8. The van der Waals surface area contributed by atoms with E-state index in [-0.39, 0.29) is 5.82 Å². The number of benzene rings is 1. The van der Waals surface area contributed by atoms with Gasteiger partial charge in [-0.3, -0.25) is 0 Å². The number of allylic oxidation sites excluding steroid dienone is 1. The predicted molar refractivity (Wildman–Crippen MR) is 71.3 cm³/mol. The van der Waals surface area contributed by atoms with Crippen LogP contribution in [0.2, 0.25) is 0 Å². The normalized spacial score (nSPS) is 11.6. The molecule has 0 amide bonds. The van der Waals surface area contributed by atoms with Crippen molar-refractivity contribution in [1.82, 2.24) is 9.55 Å². The summed E-state index contributed by atoms with van der Waals surface area (Å²) < 4.78 is 15.4. The van der Waals surface area contributed by atoms with Crippen molar-refractivity contribution < 1.29 is 4.39 Å². The lowest BCUT2D eigenvalue weighted by molar-refractivity contribution is 0.638. The van der Waals surface area contributed by atoms with Gasteiger partial charge in [-0.25, -0.2) is 8.84 Å². The molecule has 2 nitrogen and oxygen atoms in total. The molecule has 0 aliphatic rings. The summed E-state index contributed by atoms with van der Waals surface area (Å²) in [6.45, 7) is 3.65. The van der Waals surface area contributed by atoms with E-state index >= 15 is 0 Å². The largest absolute Gasteiger partial charge is 0.237 e. The van der Waals surface area contributed by atoms with Crippen molar-refractivity contribution in [3.63, 3.8) is 0 Å². The van der Waals surface area contributed by atoms with E-state index in [0.29, 0.717) is 18.2 Å². The highest BCUT2D eigenvalue weighted by Crippen LogP contribution is 2.30. The Balaban J connectivity index is 2.65. The van der Waals surface area contributed by atoms with Gasteiger partial charge in [-0.2, -0.15) is 5.10 Å². The Labute approximate surface area is 102 Å². The second kappa shape index (κ2) is 4.58. The van der Waals surface area contributed by atoms with Gasteiger partial charge >= 0.3 is 0 Å². The maximum Gasteiger partial charge on any atom is 0.134 e. The van der Waals surface area contributed by atoms with Crippen LogP contribution in [0, 0.1) is 5.82 Å². The van der Waals surface area contributed by atoms with Gasteiger partial charge in [0, 0.05) is 0 Å². The lowest BCUT2D eigenvalue weighted by Crippen LogP contribution is -1.88. The third-order valence-electron chi connectivity index (χ3n) is 2.16. The standard InChI is InChI=1S/C10H9FIN2P/c1-2-3-7-4-9(11)8-6-13-14(15-12)10(8)5-7/h2,4-6,15H,1,3H2. The number of hydrogen-bond acceptors (Lipinski definition) is 1. The van der Waals surface area contributed by atoms with E-state index in [0.717, 1.165) is 11.1 Å². The van der Waals surface area contributed by atoms with E-state index in [1.807, 2.05) is 10.5 Å². The Kier molecular flexibility index (Phi) is 3.36. The van der Waals surface area contributed by atoms with Crippen LogP contribution in [-0.4, -0.2) is 9.55 Å². The molecule has 1 atom stereocenters. The predicted octanol–water partition coefficient (Wildman–Crippen LogP) is 3.70. The van der Waals surface area contributed by atoms with Gasteiger partial charge in [0.2, 0.25) is 0 Å². The Morgan fingerprint density at radius 1 is 1.60 bits per heavy atom. The van der Waals surface area contributed by atoms with Crippen LogP contribution in [0.1, 0.15) is 5.56 Å². The summed E-state index contributed by atoms with van der Waals surface area (Å²) in [7, 11) is 0. The lowest BCUT2D eigenvalue weighted by Gasteiger charge is -2.01. The van der Waals surface area contributed by atoms with Gasteiger partial charge in [0.1, 0.15) is 5.82 Å². The number of hydrogen-bond donors (Lipinski definition) is 0. The molecule has 1 aromatic carbocycles. The van der Waals surface area contributed by atoms with E-state index in [2.05, 4.69) is 33.7 Å². The van der Waals surface area contributed by atoms with E-state index in [1.54, 1.807) is 18.3 Å². The van der Waals surface area contributed by atoms with E-state index in [9.17, 15) is 4.39 Å². The average Bonchev–Trinajstić information content (AvgIpc) is 2.61. The van der Waals surface area contributed by atoms with Gasteiger partial charge in [-0.05, 0) is 46.2 Å². The molecule has 1 unspecified atom stereocenters. The van der Waals surface area contributed by atoms with Crippen molar-refractivity contribution in [2.45, 2.75) is 6.42 Å². The highest BCUT2D eigenvalue weighted by molar-refractivity contribution is 14.2. The van der Waals surface area contributed by atoms with Crippen molar-refractivity contribution in [2.75, 3.05) is 0 Å². The van der Waals surface area contributed by atoms with Crippen molar-refractivity contribution in [1.29, 1.82) is 0 Å². The molecule has 1 aromatic heterocycles. The van der Waals surface area contributed by atoms with Gasteiger partial charge in [0.25, 0.3) is 0 Å². The minimum absolute atomic E-state index is 0.203. The molecule has 0 aliphatic carbocycles. The van der Waals surface area contributed by atoms with E-state index < -0.39 is 0 Å². The summed E-state index contributed by atoms with van der Waals surface area (Å²) in [6, 6.07) is 3.52. The lowest BCUT2D eigenvalue weighted by atomic mass is 10.1. The fourth-order valence-corrected chi connectivity index (χ4v) is 3.02. The minimum atomic E-state index is -0.203. The highest BCUT2D eigenvalue weighted by atomic mass is 127. The van der Waals surface area contributed by atoms with Crippen LogP contribution in [0.5, 0.6) is 0 Å². The zero-order valence-electron chi connectivity index (χ0n) is 7.87. The molecule has 2 rings (SSSR count). The van der Waals surface area contributed by atoms with Crippen molar-refractivity contribution in [3.8, 4) is 0 Å². The topological polar surface area (TPSA) is 17.8 Å². The average molecular weight is 334 g/mol. The Morgan fingerprint density at radius 2 is 2.40 bits per heavy atom. The number of halogens is 2. The molecule has 78 valence electrons. The molecule has 5 heteroatoms. The van der Waals surface area contributed by atoms with Gasteiger partial charge in [0.05, 0.1) is 23.5 Å². The first kappa shape index (κ1) is 11.0. The Hall–Kier alpha value is -0.480. The van der Waals surface area contributed by atoms with Gasteiger partial charge in [-0.1, -0.05) is 6.08 Å². The highest BCUT2D eigenvalue weighted by Gasteiger charge is 2.08. The fourth-order valence-electron chi connectivity index (χ4n) is 1.49. The molecule has 0 radical (unpaired) electrons. The Bertz CT molecular complexity index is 509. The molecule has 0 aliphatic heterocycles. The summed E-state index contributed by atoms with van der Waals surface area (Å²) in [6.07, 6.45) is 4.52. The molecule has 1 heterocycles. The van der Waals surface area contributed by atoms with E-state index in [4.69, 9.17) is 0 Å². The quantitative estimate of drug-likeness (QED) is 0.476. The molecule has 0 fully saturated rings. The maximum atomic E-state index is 13.6. The molecular formula is C10H9FIN2P. The smallest absolute Gasteiger partial charge is 0.134 e. The first-order valence-electron chi connectivity index (χ1n) is 4.40. The van der Waals surface area contributed by atoms with Crippen LogP contribution in [0.15, 0.2) is 31.0 Å². The monoisotopic (exact) mass is 334 g/mol. The van der Waals surface area contributed by atoms with Crippen LogP contribution < -0.4 is 0 Å². The van der Waals surface area contributed by atoms with Crippen molar-refractivity contribution >= 4 is 39.3 Å². The summed E-state index contributed by atoms with van der Waals surface area (Å²) >= 11 is 2.23. The number of rotatable bonds is 3. The number of fused-ring (bicyclic) bond motifs is 1. The molecule has 0 saturated heterocycles. The van der Waals surface area contributed by atoms with Crippen LogP contribution in [0.25, 0.3) is 10.9 Å². The summed E-state index contributed by atoms with van der Waals surface area (Å²) in [4.78, 5) is 0.